The van der Waals surface area contributed by atoms with E-state index < -0.39 is 0 Å². The Hall–Kier alpha value is -3.86. The van der Waals surface area contributed by atoms with Crippen LogP contribution < -0.4 is 5.32 Å². The van der Waals surface area contributed by atoms with Gasteiger partial charge in [-0.3, -0.25) is 14.7 Å². The molecule has 1 fully saturated rings. The van der Waals surface area contributed by atoms with Crippen LogP contribution in [0.3, 0.4) is 0 Å². The number of hydrogen-bond donors (Lipinski definition) is 2. The number of nitrogens with one attached hydrogen (secondary N) is 1. The number of hydrogen-bond acceptors (Lipinski definition) is 4. The Kier molecular flexibility index (Phi) is 5.23. The summed E-state index contributed by atoms with van der Waals surface area (Å²) < 4.78 is 0. The summed E-state index contributed by atoms with van der Waals surface area (Å²) in [5.74, 6) is 1.08. The first-order valence-corrected chi connectivity index (χ1v) is 10.8. The molecule has 0 aromatic heterocycles. The minimum Gasteiger partial charge on any atom is -0.508 e. The molecule has 160 valence electrons. The molecule has 3 aromatic carbocycles. The smallest absolute Gasteiger partial charge is 0.251 e. The summed E-state index contributed by atoms with van der Waals surface area (Å²) in [7, 11) is 0. The molecule has 1 atom stereocenters. The number of phenols is 1. The van der Waals surface area contributed by atoms with E-state index in [1.165, 1.54) is 5.56 Å². The van der Waals surface area contributed by atoms with Crippen molar-refractivity contribution in [2.24, 2.45) is 4.99 Å². The van der Waals surface area contributed by atoms with Gasteiger partial charge in [0.1, 0.15) is 17.6 Å². The van der Waals surface area contributed by atoms with Crippen molar-refractivity contribution in [1.29, 1.82) is 0 Å². The lowest BCUT2D eigenvalue weighted by atomic mass is 10.0. The number of rotatable bonds is 5. The zero-order chi connectivity index (χ0) is 22.1. The minimum absolute atomic E-state index is 0.0678. The zero-order valence-corrected chi connectivity index (χ0v) is 18.0. The highest BCUT2D eigenvalue weighted by molar-refractivity contribution is 6.06. The van der Waals surface area contributed by atoms with Crippen LogP contribution in [-0.2, 0) is 17.6 Å². The lowest BCUT2D eigenvalue weighted by Gasteiger charge is -2.25. The van der Waals surface area contributed by atoms with Crippen LogP contribution in [0.25, 0.3) is 0 Å². The van der Waals surface area contributed by atoms with E-state index in [1.807, 2.05) is 41.3 Å². The maximum Gasteiger partial charge on any atom is 0.251 e. The minimum atomic E-state index is -0.313. The van der Waals surface area contributed by atoms with Crippen LogP contribution in [0.1, 0.15) is 22.3 Å². The van der Waals surface area contributed by atoms with Crippen LogP contribution in [0.5, 0.6) is 5.75 Å². The Morgan fingerprint density at radius 1 is 1.00 bits per heavy atom. The van der Waals surface area contributed by atoms with Gasteiger partial charge in [0, 0.05) is 12.8 Å². The average molecular weight is 424 g/mol. The number of carbonyl (C=O) groups is 1. The van der Waals surface area contributed by atoms with Gasteiger partial charge in [-0.05, 0) is 47.9 Å². The first kappa shape index (κ1) is 20.1. The molecule has 1 unspecified atom stereocenters. The Bertz CT molecular complexity index is 1210. The van der Waals surface area contributed by atoms with Crippen molar-refractivity contribution in [3.05, 3.63) is 113 Å². The Labute approximate surface area is 187 Å². The highest BCUT2D eigenvalue weighted by Gasteiger charge is 2.39. The summed E-state index contributed by atoms with van der Waals surface area (Å²) in [6, 6.07) is 25.1. The molecule has 0 radical (unpaired) electrons. The molecule has 0 bridgehead atoms. The van der Waals surface area contributed by atoms with Crippen LogP contribution in [0.15, 0.2) is 95.4 Å². The molecular formula is C27H25N3O2. The van der Waals surface area contributed by atoms with Gasteiger partial charge in [-0.15, -0.1) is 0 Å². The topological polar surface area (TPSA) is 64.9 Å². The number of amides is 1. The lowest BCUT2D eigenvalue weighted by Crippen LogP contribution is -2.36. The summed E-state index contributed by atoms with van der Waals surface area (Å²) in [4.78, 5) is 20.2. The van der Waals surface area contributed by atoms with Crippen molar-refractivity contribution < 1.29 is 9.90 Å². The second-order valence-electron chi connectivity index (χ2n) is 8.38. The number of nitrogens with zero attached hydrogens (tertiary/aromatic N) is 2. The van der Waals surface area contributed by atoms with Gasteiger partial charge in [-0.1, -0.05) is 60.2 Å². The molecule has 2 heterocycles. The van der Waals surface area contributed by atoms with Crippen LogP contribution in [0.4, 0.5) is 0 Å². The molecule has 3 aromatic rings. The van der Waals surface area contributed by atoms with E-state index in [4.69, 9.17) is 4.99 Å². The highest BCUT2D eigenvalue weighted by Crippen LogP contribution is 2.28. The van der Waals surface area contributed by atoms with Gasteiger partial charge >= 0.3 is 0 Å². The van der Waals surface area contributed by atoms with E-state index in [9.17, 15) is 9.90 Å². The van der Waals surface area contributed by atoms with E-state index >= 15 is 0 Å². The van der Waals surface area contributed by atoms with Crippen molar-refractivity contribution in [3.8, 4) is 5.75 Å². The number of fused-ring (bicyclic) bond motifs is 1. The molecule has 1 saturated heterocycles. The average Bonchev–Trinajstić information content (AvgIpc) is 3.11. The standard InChI is InChI=1S/C27H25N3O2/c1-18-6-5-9-20(14-18)16-24-27(32)30-17-25(21-10-12-22(31)13-11-21)28-23(26(30)29-24)15-19-7-3-2-4-8-19/h2-14,24,29,31H,15-17H2,1H3. The molecular weight excluding hydrogens is 398 g/mol. The van der Waals surface area contributed by atoms with Crippen LogP contribution in [-0.4, -0.2) is 34.2 Å². The molecule has 0 aliphatic carbocycles. The first-order chi connectivity index (χ1) is 15.6. The molecule has 1 amide bonds. The predicted octanol–water partition coefficient (Wildman–Crippen LogP) is 3.96. The molecule has 5 heteroatoms. The SMILES string of the molecule is Cc1cccc(CC2NC3=C(Cc4ccccc4)N=C(c4ccc(O)cc4)CN3C2=O)c1. The largest absolute Gasteiger partial charge is 0.508 e. The van der Waals surface area contributed by atoms with E-state index in [-0.39, 0.29) is 17.7 Å². The molecule has 0 saturated carbocycles. The fourth-order valence-electron chi connectivity index (χ4n) is 4.34. The van der Waals surface area contributed by atoms with Gasteiger partial charge in [-0.2, -0.15) is 0 Å². The van der Waals surface area contributed by atoms with Gasteiger partial charge < -0.3 is 10.4 Å². The normalized spacial score (nSPS) is 17.8. The van der Waals surface area contributed by atoms with E-state index in [1.54, 1.807) is 12.1 Å². The quantitative estimate of drug-likeness (QED) is 0.653. The van der Waals surface area contributed by atoms with Crippen LogP contribution in [0.2, 0.25) is 0 Å². The number of aryl methyl sites for hydroxylation is 1. The summed E-state index contributed by atoms with van der Waals surface area (Å²) >= 11 is 0. The van der Waals surface area contributed by atoms with Crippen LogP contribution in [0, 0.1) is 6.92 Å². The highest BCUT2D eigenvalue weighted by atomic mass is 16.3. The van der Waals surface area contributed by atoms with Crippen molar-refractivity contribution in [1.82, 2.24) is 10.2 Å². The molecule has 2 aliphatic rings. The molecule has 5 nitrogen and oxygen atoms in total. The summed E-state index contributed by atoms with van der Waals surface area (Å²) in [5, 5.41) is 13.1. The molecule has 0 spiro atoms. The summed E-state index contributed by atoms with van der Waals surface area (Å²) in [6.07, 6.45) is 1.26. The van der Waals surface area contributed by atoms with Gasteiger partial charge in [-0.25, -0.2) is 0 Å². The van der Waals surface area contributed by atoms with Gasteiger partial charge in [0.05, 0.1) is 18.0 Å². The third-order valence-electron chi connectivity index (χ3n) is 5.93. The Morgan fingerprint density at radius 3 is 2.50 bits per heavy atom. The number of allylic oxidation sites excluding steroid dienone is 1. The molecule has 2 N–H and O–H groups in total. The fraction of sp³-hybridized carbons (Fsp3) is 0.185. The molecule has 2 aliphatic heterocycles. The number of aromatic hydroxyl groups is 1. The monoisotopic (exact) mass is 423 g/mol. The summed E-state index contributed by atoms with van der Waals surface area (Å²) in [6.45, 7) is 2.48. The van der Waals surface area contributed by atoms with Gasteiger partial charge in [0.2, 0.25) is 0 Å². The van der Waals surface area contributed by atoms with Crippen molar-refractivity contribution >= 4 is 11.6 Å². The lowest BCUT2D eigenvalue weighted by molar-refractivity contribution is -0.127. The van der Waals surface area contributed by atoms with Gasteiger partial charge in [0.15, 0.2) is 0 Å². The van der Waals surface area contributed by atoms with Crippen LogP contribution >= 0.6 is 0 Å². The Morgan fingerprint density at radius 2 is 1.75 bits per heavy atom. The third-order valence-corrected chi connectivity index (χ3v) is 5.93. The van der Waals surface area contributed by atoms with Crippen molar-refractivity contribution in [2.45, 2.75) is 25.8 Å². The van der Waals surface area contributed by atoms with Crippen molar-refractivity contribution in [2.75, 3.05) is 6.54 Å². The fourth-order valence-corrected chi connectivity index (χ4v) is 4.34. The number of phenolic OH excluding ortho intramolecular Hbond substituents is 1. The second kappa shape index (κ2) is 8.35. The molecule has 32 heavy (non-hydrogen) atoms. The zero-order valence-electron chi connectivity index (χ0n) is 18.0. The maximum absolute atomic E-state index is 13.4. The van der Waals surface area contributed by atoms with E-state index in [0.29, 0.717) is 19.4 Å². The number of benzene rings is 3. The number of carbonyl (C=O) groups excluding carboxylic acids is 1. The van der Waals surface area contributed by atoms with Crippen molar-refractivity contribution in [3.63, 3.8) is 0 Å². The number of aliphatic imine (C=N–C) groups is 1. The second-order valence-corrected chi connectivity index (χ2v) is 8.38. The van der Waals surface area contributed by atoms with Gasteiger partial charge in [0.25, 0.3) is 5.91 Å². The van der Waals surface area contributed by atoms with E-state index in [2.05, 4.69) is 42.6 Å². The molecule has 5 rings (SSSR count). The predicted molar refractivity (Wildman–Crippen MR) is 125 cm³/mol. The first-order valence-electron chi connectivity index (χ1n) is 10.8. The van der Waals surface area contributed by atoms with E-state index in [0.717, 1.165) is 33.9 Å². The summed E-state index contributed by atoms with van der Waals surface area (Å²) in [5.41, 5.74) is 6.05. The maximum atomic E-state index is 13.4. The Balaban J connectivity index is 1.49. The third kappa shape index (κ3) is 4.02.